The molecule has 1 aromatic rings. The van der Waals surface area contributed by atoms with Crippen LogP contribution in [0, 0.1) is 11.8 Å². The molecule has 0 unspecified atom stereocenters. The van der Waals surface area contributed by atoms with Crippen molar-refractivity contribution >= 4 is 5.91 Å². The molecule has 0 aliphatic carbocycles. The van der Waals surface area contributed by atoms with Crippen LogP contribution in [0.3, 0.4) is 0 Å². The molecule has 0 saturated carbocycles. The van der Waals surface area contributed by atoms with Gasteiger partial charge in [0.15, 0.2) is 5.75 Å². The number of rotatable bonds is 5. The predicted octanol–water partition coefficient (Wildman–Crippen LogP) is -0.374. The van der Waals surface area contributed by atoms with Gasteiger partial charge in [0.05, 0.1) is 7.11 Å². The van der Waals surface area contributed by atoms with Crippen LogP contribution in [0.4, 0.5) is 0 Å². The molecule has 1 saturated heterocycles. The van der Waals surface area contributed by atoms with E-state index in [4.69, 9.17) is 4.74 Å². The highest BCUT2D eigenvalue weighted by Crippen LogP contribution is 2.24. The van der Waals surface area contributed by atoms with Crippen LogP contribution in [-0.4, -0.2) is 73.2 Å². The summed E-state index contributed by atoms with van der Waals surface area (Å²) >= 11 is 0. The fraction of sp³-hybridized carbons (Fsp3) is 0.600. The lowest BCUT2D eigenvalue weighted by molar-refractivity contribution is 0.0773. The van der Waals surface area contributed by atoms with Gasteiger partial charge in [0, 0.05) is 44.4 Å². The van der Waals surface area contributed by atoms with Crippen molar-refractivity contribution in [2.24, 2.45) is 11.8 Å². The average Bonchev–Trinajstić information content (AvgIpc) is 2.88. The number of aromatic amines is 1. The number of hydrogen-bond donors (Lipinski definition) is 2. The number of carbonyl (C=O) groups is 1. The summed E-state index contributed by atoms with van der Waals surface area (Å²) in [6.45, 7) is 1.95. The summed E-state index contributed by atoms with van der Waals surface area (Å²) in [7, 11) is 5.35. The molecule has 2 atom stereocenters. The number of hydrogen-bond acceptors (Lipinski definition) is 5. The SMILES string of the molecule is COc1c[nH]c(C(=O)N2C[C@@H](CN(C)C)[C@@H](CO)C2)cc1=O. The van der Waals surface area contributed by atoms with Crippen LogP contribution in [0.2, 0.25) is 0 Å². The quantitative estimate of drug-likeness (QED) is 0.775. The van der Waals surface area contributed by atoms with Gasteiger partial charge in [-0.25, -0.2) is 0 Å². The number of carbonyl (C=O) groups excluding carboxylic acids is 1. The van der Waals surface area contributed by atoms with Crippen molar-refractivity contribution in [1.82, 2.24) is 14.8 Å². The highest BCUT2D eigenvalue weighted by molar-refractivity contribution is 5.92. The van der Waals surface area contributed by atoms with Gasteiger partial charge in [-0.15, -0.1) is 0 Å². The van der Waals surface area contributed by atoms with Gasteiger partial charge in [0.1, 0.15) is 5.69 Å². The number of aliphatic hydroxyl groups is 1. The van der Waals surface area contributed by atoms with Crippen molar-refractivity contribution in [3.8, 4) is 5.75 Å². The first-order valence-electron chi connectivity index (χ1n) is 7.27. The smallest absolute Gasteiger partial charge is 0.270 e. The standard InChI is InChI=1S/C15H23N3O4/c1-17(2)6-10-7-18(8-11(10)9-19)15(21)12-4-13(20)14(22-3)5-16-12/h4-5,10-11,19H,6-9H2,1-3H3,(H,16,20)/t10-,11-/m1/s1. The van der Waals surface area contributed by atoms with E-state index in [0.29, 0.717) is 13.1 Å². The van der Waals surface area contributed by atoms with E-state index < -0.39 is 0 Å². The van der Waals surface area contributed by atoms with E-state index in [-0.39, 0.29) is 41.2 Å². The molecule has 2 heterocycles. The largest absolute Gasteiger partial charge is 0.491 e. The Balaban J connectivity index is 2.13. The zero-order valence-electron chi connectivity index (χ0n) is 13.2. The summed E-state index contributed by atoms with van der Waals surface area (Å²) in [5.74, 6) is 0.251. The number of likely N-dealkylation sites (tertiary alicyclic amines) is 1. The summed E-state index contributed by atoms with van der Waals surface area (Å²) in [6, 6.07) is 1.26. The number of H-pyrrole nitrogens is 1. The van der Waals surface area contributed by atoms with E-state index in [2.05, 4.69) is 9.88 Å². The third kappa shape index (κ3) is 3.48. The lowest BCUT2D eigenvalue weighted by Gasteiger charge is -2.20. The topological polar surface area (TPSA) is 85.9 Å². The van der Waals surface area contributed by atoms with Crippen molar-refractivity contribution in [3.05, 3.63) is 28.2 Å². The first-order chi connectivity index (χ1) is 10.5. The van der Waals surface area contributed by atoms with Crippen molar-refractivity contribution < 1.29 is 14.6 Å². The molecule has 1 aliphatic rings. The maximum absolute atomic E-state index is 12.5. The lowest BCUT2D eigenvalue weighted by atomic mass is 9.97. The lowest BCUT2D eigenvalue weighted by Crippen LogP contribution is -2.31. The van der Waals surface area contributed by atoms with Gasteiger partial charge in [-0.1, -0.05) is 0 Å². The first-order valence-corrected chi connectivity index (χ1v) is 7.27. The molecule has 1 aromatic heterocycles. The monoisotopic (exact) mass is 309 g/mol. The second-order valence-corrected chi connectivity index (χ2v) is 5.95. The van der Waals surface area contributed by atoms with Gasteiger partial charge in [0.25, 0.3) is 5.91 Å². The molecule has 2 rings (SSSR count). The Morgan fingerprint density at radius 1 is 1.45 bits per heavy atom. The number of pyridine rings is 1. The number of aromatic nitrogens is 1. The van der Waals surface area contributed by atoms with Gasteiger partial charge in [-0.3, -0.25) is 9.59 Å². The molecule has 1 amide bonds. The second-order valence-electron chi connectivity index (χ2n) is 5.95. The predicted molar refractivity (Wildman–Crippen MR) is 82.1 cm³/mol. The van der Waals surface area contributed by atoms with Gasteiger partial charge >= 0.3 is 0 Å². The average molecular weight is 309 g/mol. The fourth-order valence-corrected chi connectivity index (χ4v) is 2.90. The molecule has 0 aromatic carbocycles. The van der Waals surface area contributed by atoms with Gasteiger partial charge in [-0.2, -0.15) is 0 Å². The van der Waals surface area contributed by atoms with Crippen LogP contribution in [0.1, 0.15) is 10.5 Å². The summed E-state index contributed by atoms with van der Waals surface area (Å²) < 4.78 is 4.89. The Labute approximate surface area is 129 Å². The number of ether oxygens (including phenoxy) is 1. The maximum Gasteiger partial charge on any atom is 0.270 e. The normalized spacial score (nSPS) is 21.4. The third-order valence-electron chi connectivity index (χ3n) is 4.03. The number of amides is 1. The molecule has 0 bridgehead atoms. The van der Waals surface area contributed by atoms with Crippen LogP contribution in [-0.2, 0) is 0 Å². The zero-order chi connectivity index (χ0) is 16.3. The minimum Gasteiger partial charge on any atom is -0.491 e. The molecule has 22 heavy (non-hydrogen) atoms. The number of nitrogens with one attached hydrogen (secondary N) is 1. The molecular weight excluding hydrogens is 286 g/mol. The second kappa shape index (κ2) is 6.93. The van der Waals surface area contributed by atoms with Crippen molar-refractivity contribution in [3.63, 3.8) is 0 Å². The third-order valence-corrected chi connectivity index (χ3v) is 4.03. The zero-order valence-corrected chi connectivity index (χ0v) is 13.2. The van der Waals surface area contributed by atoms with E-state index in [1.54, 1.807) is 4.90 Å². The molecule has 7 nitrogen and oxygen atoms in total. The van der Waals surface area contributed by atoms with Crippen LogP contribution in [0.25, 0.3) is 0 Å². The Kier molecular flexibility index (Phi) is 5.20. The highest BCUT2D eigenvalue weighted by atomic mass is 16.5. The summed E-state index contributed by atoms with van der Waals surface area (Å²) in [6.07, 6.45) is 1.40. The van der Waals surface area contributed by atoms with Crippen molar-refractivity contribution in [1.29, 1.82) is 0 Å². The number of aliphatic hydroxyl groups excluding tert-OH is 1. The van der Waals surface area contributed by atoms with Crippen LogP contribution in [0.15, 0.2) is 17.1 Å². The fourth-order valence-electron chi connectivity index (χ4n) is 2.90. The van der Waals surface area contributed by atoms with Gasteiger partial charge in [-0.05, 0) is 20.0 Å². The van der Waals surface area contributed by atoms with Crippen LogP contribution < -0.4 is 10.2 Å². The van der Waals surface area contributed by atoms with E-state index in [0.717, 1.165) is 6.54 Å². The minimum atomic E-state index is -0.327. The molecule has 1 aliphatic heterocycles. The van der Waals surface area contributed by atoms with Crippen molar-refractivity contribution in [2.45, 2.75) is 0 Å². The molecular formula is C15H23N3O4. The van der Waals surface area contributed by atoms with Gasteiger partial charge < -0.3 is 24.6 Å². The molecule has 0 spiro atoms. The van der Waals surface area contributed by atoms with E-state index in [1.165, 1.54) is 19.4 Å². The van der Waals surface area contributed by atoms with E-state index in [1.807, 2.05) is 14.1 Å². The van der Waals surface area contributed by atoms with Crippen LogP contribution >= 0.6 is 0 Å². The molecule has 7 heteroatoms. The number of methoxy groups -OCH3 is 1. The molecule has 0 radical (unpaired) electrons. The Hall–Kier alpha value is -1.86. The Morgan fingerprint density at radius 3 is 2.68 bits per heavy atom. The summed E-state index contributed by atoms with van der Waals surface area (Å²) in [5, 5.41) is 9.50. The van der Waals surface area contributed by atoms with Crippen LogP contribution in [0.5, 0.6) is 5.75 Å². The highest BCUT2D eigenvalue weighted by Gasteiger charge is 2.35. The van der Waals surface area contributed by atoms with E-state index >= 15 is 0 Å². The van der Waals surface area contributed by atoms with E-state index in [9.17, 15) is 14.7 Å². The number of nitrogens with zero attached hydrogens (tertiary/aromatic N) is 2. The summed E-state index contributed by atoms with van der Waals surface area (Å²) in [4.78, 5) is 30.8. The Morgan fingerprint density at radius 2 is 2.14 bits per heavy atom. The summed E-state index contributed by atoms with van der Waals surface area (Å²) in [5.41, 5.74) is -0.0830. The van der Waals surface area contributed by atoms with Gasteiger partial charge in [0.2, 0.25) is 5.43 Å². The molecule has 2 N–H and O–H groups in total. The minimum absolute atomic E-state index is 0.0570. The van der Waals surface area contributed by atoms with Crippen molar-refractivity contribution in [2.75, 3.05) is 47.4 Å². The Bertz CT molecular complexity index is 584. The maximum atomic E-state index is 12.5. The molecule has 122 valence electrons. The first kappa shape index (κ1) is 16.5. The molecule has 1 fully saturated rings.